The Bertz CT molecular complexity index is 961. The highest BCUT2D eigenvalue weighted by molar-refractivity contribution is 7.89. The van der Waals surface area contributed by atoms with E-state index in [-0.39, 0.29) is 10.8 Å². The first kappa shape index (κ1) is 26.0. The number of allylic oxidation sites excluding steroid dienone is 1. The van der Waals surface area contributed by atoms with Crippen molar-refractivity contribution in [2.75, 3.05) is 20.3 Å². The van der Waals surface area contributed by atoms with Crippen molar-refractivity contribution in [1.82, 2.24) is 14.7 Å². The van der Waals surface area contributed by atoms with Crippen LogP contribution in [0, 0.1) is 5.92 Å². The van der Waals surface area contributed by atoms with Crippen LogP contribution in [0.2, 0.25) is 0 Å². The average molecular weight is 512 g/mol. The Morgan fingerprint density at radius 2 is 1.56 bits per heavy atom. The van der Waals surface area contributed by atoms with Crippen molar-refractivity contribution >= 4 is 21.6 Å². The fourth-order valence-corrected chi connectivity index (χ4v) is 4.16. The van der Waals surface area contributed by atoms with Gasteiger partial charge in [-0.15, -0.1) is 0 Å². The number of sulfonamides is 1. The summed E-state index contributed by atoms with van der Waals surface area (Å²) < 4.78 is 117. The molecule has 0 aliphatic heterocycles. The monoisotopic (exact) mass is 511 g/mol. The van der Waals surface area contributed by atoms with Crippen LogP contribution in [-0.2, 0) is 14.8 Å². The zero-order valence-electron chi connectivity index (χ0n) is 16.3. The van der Waals surface area contributed by atoms with Crippen molar-refractivity contribution in [2.24, 2.45) is 5.92 Å². The van der Waals surface area contributed by atoms with E-state index < -0.39 is 64.2 Å². The molecule has 0 fully saturated rings. The van der Waals surface area contributed by atoms with E-state index in [4.69, 9.17) is 16.3 Å². The SMILES string of the molecule is COC1=C(Cl)C(C)C(NS(=O)(=O)c2c(OCC(F)(F)F)ncnc2OCC(F)(F)F)C=C1. The normalized spacial score (nSPS) is 19.8. The molecule has 16 heteroatoms. The number of hydrogen-bond acceptors (Lipinski definition) is 7. The highest BCUT2D eigenvalue weighted by Crippen LogP contribution is 2.34. The van der Waals surface area contributed by atoms with Crippen LogP contribution >= 0.6 is 11.6 Å². The van der Waals surface area contributed by atoms with Gasteiger partial charge >= 0.3 is 12.4 Å². The van der Waals surface area contributed by atoms with Gasteiger partial charge in [0.05, 0.1) is 12.1 Å². The zero-order chi connectivity index (χ0) is 24.3. The summed E-state index contributed by atoms with van der Waals surface area (Å²) in [7, 11) is -3.54. The van der Waals surface area contributed by atoms with Gasteiger partial charge in [0.2, 0.25) is 16.7 Å². The fraction of sp³-hybridized carbons (Fsp3) is 0.500. The number of halogens is 7. The third kappa shape index (κ3) is 6.87. The largest absolute Gasteiger partial charge is 0.496 e. The molecule has 0 saturated carbocycles. The molecule has 8 nitrogen and oxygen atoms in total. The maximum absolute atomic E-state index is 13.0. The van der Waals surface area contributed by atoms with Crippen LogP contribution in [-0.4, -0.2) is 57.1 Å². The van der Waals surface area contributed by atoms with Crippen LogP contribution in [0.15, 0.2) is 34.2 Å². The van der Waals surface area contributed by atoms with Crippen LogP contribution in [0.5, 0.6) is 11.8 Å². The third-order valence-corrected chi connectivity index (χ3v) is 5.89. The minimum absolute atomic E-state index is 0.133. The minimum atomic E-state index is -4.89. The smallest absolute Gasteiger partial charge is 0.422 e. The molecular formula is C16H16ClF6N3O5S. The van der Waals surface area contributed by atoms with Crippen LogP contribution in [0.1, 0.15) is 6.92 Å². The van der Waals surface area contributed by atoms with Gasteiger partial charge in [0.15, 0.2) is 13.2 Å². The molecule has 0 amide bonds. The number of alkyl halides is 6. The summed E-state index contributed by atoms with van der Waals surface area (Å²) in [4.78, 5) is 5.41. The fourth-order valence-electron chi connectivity index (χ4n) is 2.44. The predicted octanol–water partition coefficient (Wildman–Crippen LogP) is 3.31. The molecule has 1 N–H and O–H groups in total. The van der Waals surface area contributed by atoms with E-state index in [9.17, 15) is 34.8 Å². The molecule has 1 aliphatic carbocycles. The van der Waals surface area contributed by atoms with Gasteiger partial charge in [-0.25, -0.2) is 23.1 Å². The first-order valence-electron chi connectivity index (χ1n) is 8.53. The topological polar surface area (TPSA) is 99.6 Å². The molecule has 0 radical (unpaired) electrons. The Balaban J connectivity index is 2.44. The van der Waals surface area contributed by atoms with Gasteiger partial charge < -0.3 is 14.2 Å². The van der Waals surface area contributed by atoms with Gasteiger partial charge in [-0.2, -0.15) is 26.3 Å². The highest BCUT2D eigenvalue weighted by Gasteiger charge is 2.37. The third-order valence-electron chi connectivity index (χ3n) is 3.89. The lowest BCUT2D eigenvalue weighted by Gasteiger charge is -2.26. The van der Waals surface area contributed by atoms with Crippen LogP contribution in [0.3, 0.4) is 0 Å². The lowest BCUT2D eigenvalue weighted by Crippen LogP contribution is -2.40. The van der Waals surface area contributed by atoms with E-state index in [1.807, 2.05) is 0 Å². The number of nitrogens with one attached hydrogen (secondary N) is 1. The van der Waals surface area contributed by atoms with Crippen molar-refractivity contribution in [2.45, 2.75) is 30.2 Å². The van der Waals surface area contributed by atoms with Gasteiger partial charge in [-0.3, -0.25) is 0 Å². The number of rotatable bonds is 8. The summed E-state index contributed by atoms with van der Waals surface area (Å²) in [6, 6.07) is -1.04. The molecule has 0 spiro atoms. The number of aromatic nitrogens is 2. The maximum atomic E-state index is 13.0. The molecule has 1 aromatic rings. The van der Waals surface area contributed by atoms with Crippen molar-refractivity contribution in [3.05, 3.63) is 29.3 Å². The number of nitrogens with zero attached hydrogens (tertiary/aromatic N) is 2. The Kier molecular flexibility index (Phi) is 7.88. The molecular weight excluding hydrogens is 496 g/mol. The van der Waals surface area contributed by atoms with Crippen molar-refractivity contribution in [3.63, 3.8) is 0 Å². The zero-order valence-corrected chi connectivity index (χ0v) is 17.9. The summed E-state index contributed by atoms with van der Waals surface area (Å²) in [5, 5.41) is 0.133. The second-order valence-corrected chi connectivity index (χ2v) is 8.39. The molecule has 32 heavy (non-hydrogen) atoms. The molecule has 1 aliphatic rings. The second-order valence-electron chi connectivity index (χ2n) is 6.33. The lowest BCUT2D eigenvalue weighted by atomic mass is 9.97. The lowest BCUT2D eigenvalue weighted by molar-refractivity contribution is -0.155. The van der Waals surface area contributed by atoms with E-state index in [1.54, 1.807) is 0 Å². The van der Waals surface area contributed by atoms with Crippen LogP contribution < -0.4 is 14.2 Å². The first-order chi connectivity index (χ1) is 14.6. The van der Waals surface area contributed by atoms with Gasteiger partial charge in [0, 0.05) is 12.0 Å². The summed E-state index contributed by atoms with van der Waals surface area (Å²) in [5.74, 6) is -2.74. The number of methoxy groups -OCH3 is 1. The summed E-state index contributed by atoms with van der Waals surface area (Å²) >= 11 is 6.11. The number of hydrogen-bond donors (Lipinski definition) is 1. The van der Waals surface area contributed by atoms with Gasteiger partial charge in [0.1, 0.15) is 12.1 Å². The Morgan fingerprint density at radius 3 is 2.00 bits per heavy atom. The molecule has 0 aromatic carbocycles. The van der Waals surface area contributed by atoms with Gasteiger partial charge in [-0.05, 0) is 6.08 Å². The standard InChI is InChI=1S/C16H16ClF6N3O5S/c1-8-9(3-4-10(29-2)11(8)17)26-32(27,28)12-13(30-5-15(18,19)20)24-7-25-14(12)31-6-16(21,22)23/h3-4,7-9,26H,5-6H2,1-2H3. The quantitative estimate of drug-likeness (QED) is 0.535. The minimum Gasteiger partial charge on any atom is -0.496 e. The molecule has 2 atom stereocenters. The van der Waals surface area contributed by atoms with Gasteiger partial charge in [0.25, 0.3) is 10.0 Å². The van der Waals surface area contributed by atoms with Crippen LogP contribution in [0.25, 0.3) is 0 Å². The van der Waals surface area contributed by atoms with E-state index in [0.717, 1.165) is 0 Å². The van der Waals surface area contributed by atoms with Crippen molar-refractivity contribution in [3.8, 4) is 11.8 Å². The Labute approximate surface area is 183 Å². The Morgan fingerprint density at radius 1 is 1.06 bits per heavy atom. The molecule has 0 saturated heterocycles. The molecule has 2 unspecified atom stereocenters. The van der Waals surface area contributed by atoms with Gasteiger partial charge in [-0.1, -0.05) is 24.6 Å². The summed E-state index contributed by atoms with van der Waals surface area (Å²) in [6.45, 7) is -2.41. The van der Waals surface area contributed by atoms with E-state index in [2.05, 4.69) is 24.2 Å². The molecule has 180 valence electrons. The van der Waals surface area contributed by atoms with Crippen LogP contribution in [0.4, 0.5) is 26.3 Å². The Hall–Kier alpha value is -2.26. The van der Waals surface area contributed by atoms with E-state index in [1.165, 1.54) is 26.2 Å². The highest BCUT2D eigenvalue weighted by atomic mass is 35.5. The maximum Gasteiger partial charge on any atom is 0.422 e. The molecule has 1 heterocycles. The summed E-state index contributed by atoms with van der Waals surface area (Å²) in [5.41, 5.74) is 0. The summed E-state index contributed by atoms with van der Waals surface area (Å²) in [6.07, 6.45) is -6.59. The first-order valence-corrected chi connectivity index (χ1v) is 10.4. The average Bonchev–Trinajstić information content (AvgIpc) is 2.67. The van der Waals surface area contributed by atoms with E-state index >= 15 is 0 Å². The van der Waals surface area contributed by atoms with Crippen molar-refractivity contribution in [1.29, 1.82) is 0 Å². The molecule has 1 aromatic heterocycles. The molecule has 2 rings (SSSR count). The van der Waals surface area contributed by atoms with E-state index in [0.29, 0.717) is 6.33 Å². The number of ether oxygens (including phenoxy) is 3. The second kappa shape index (κ2) is 9.70. The predicted molar refractivity (Wildman–Crippen MR) is 97.4 cm³/mol. The van der Waals surface area contributed by atoms with Crippen molar-refractivity contribution < 1.29 is 49.0 Å². The molecule has 0 bridgehead atoms.